The number of anilines is 1. The molecule has 0 bridgehead atoms. The van der Waals surface area contributed by atoms with Gasteiger partial charge >= 0.3 is 0 Å². The summed E-state index contributed by atoms with van der Waals surface area (Å²) in [5.74, 6) is 0. The summed E-state index contributed by atoms with van der Waals surface area (Å²) in [5.41, 5.74) is 7.74. The van der Waals surface area contributed by atoms with Crippen LogP contribution in [0, 0.1) is 5.21 Å². The third-order valence-electron chi connectivity index (χ3n) is 2.01. The van der Waals surface area contributed by atoms with Crippen molar-refractivity contribution in [3.8, 4) is 11.3 Å². The van der Waals surface area contributed by atoms with Crippen LogP contribution in [0.4, 0.5) is 5.69 Å². The number of nitrogen functional groups attached to an aromatic ring is 1. The van der Waals surface area contributed by atoms with Crippen LogP contribution in [0.15, 0.2) is 48.7 Å². The molecule has 0 aliphatic rings. The van der Waals surface area contributed by atoms with Gasteiger partial charge in [0.15, 0.2) is 6.20 Å². The summed E-state index contributed by atoms with van der Waals surface area (Å²) in [6, 6.07) is 12.6. The lowest BCUT2D eigenvalue weighted by Crippen LogP contribution is -2.27. The largest absolute Gasteiger partial charge is 0.618 e. The van der Waals surface area contributed by atoms with Gasteiger partial charge in [-0.15, -0.1) is 0 Å². The van der Waals surface area contributed by atoms with Crippen LogP contribution in [0.2, 0.25) is 0 Å². The number of pyridine rings is 1. The van der Waals surface area contributed by atoms with Gasteiger partial charge in [-0.05, 0) is 24.3 Å². The second-order valence-electron chi connectivity index (χ2n) is 3.04. The van der Waals surface area contributed by atoms with Gasteiger partial charge in [-0.3, -0.25) is 0 Å². The van der Waals surface area contributed by atoms with Crippen molar-refractivity contribution in [3.63, 3.8) is 0 Å². The Morgan fingerprint density at radius 1 is 1.07 bits per heavy atom. The Hall–Kier alpha value is -2.03. The molecule has 14 heavy (non-hydrogen) atoms. The molecule has 2 N–H and O–H groups in total. The Kier molecular flexibility index (Phi) is 2.07. The van der Waals surface area contributed by atoms with E-state index in [4.69, 9.17) is 5.73 Å². The number of aromatic nitrogens is 1. The molecule has 3 heteroatoms. The third kappa shape index (κ3) is 1.52. The topological polar surface area (TPSA) is 53.0 Å². The number of nitrogens with two attached hydrogens (primary N) is 1. The summed E-state index contributed by atoms with van der Waals surface area (Å²) < 4.78 is 0.828. The van der Waals surface area contributed by atoms with E-state index >= 15 is 0 Å². The predicted octanol–water partition coefficient (Wildman–Crippen LogP) is 1.57. The van der Waals surface area contributed by atoms with Crippen molar-refractivity contribution < 1.29 is 4.73 Å². The first-order chi connectivity index (χ1) is 6.77. The van der Waals surface area contributed by atoms with Gasteiger partial charge in [-0.1, -0.05) is 6.07 Å². The Balaban J connectivity index is 2.55. The lowest BCUT2D eigenvalue weighted by molar-refractivity contribution is -0.593. The highest BCUT2D eigenvalue weighted by Crippen LogP contribution is 2.17. The Bertz CT molecular complexity index is 455. The van der Waals surface area contributed by atoms with E-state index in [0.29, 0.717) is 11.4 Å². The fourth-order valence-corrected chi connectivity index (χ4v) is 1.35. The van der Waals surface area contributed by atoms with Crippen LogP contribution in [0.1, 0.15) is 0 Å². The number of benzene rings is 1. The molecule has 0 saturated carbocycles. The quantitative estimate of drug-likeness (QED) is 0.417. The predicted molar refractivity (Wildman–Crippen MR) is 55.3 cm³/mol. The molecule has 2 aromatic rings. The van der Waals surface area contributed by atoms with Crippen LogP contribution in [0.5, 0.6) is 0 Å². The van der Waals surface area contributed by atoms with E-state index in [2.05, 4.69) is 0 Å². The van der Waals surface area contributed by atoms with Crippen molar-refractivity contribution in [2.24, 2.45) is 0 Å². The molecule has 3 nitrogen and oxygen atoms in total. The summed E-state index contributed by atoms with van der Waals surface area (Å²) in [4.78, 5) is 0. The smallest absolute Gasteiger partial charge is 0.223 e. The Morgan fingerprint density at radius 2 is 1.93 bits per heavy atom. The first-order valence-corrected chi connectivity index (χ1v) is 4.31. The lowest BCUT2D eigenvalue weighted by atomic mass is 10.1. The van der Waals surface area contributed by atoms with Crippen molar-refractivity contribution in [2.45, 2.75) is 0 Å². The summed E-state index contributed by atoms with van der Waals surface area (Å²) in [6.45, 7) is 0. The van der Waals surface area contributed by atoms with Gasteiger partial charge in [0.1, 0.15) is 0 Å². The van der Waals surface area contributed by atoms with E-state index in [1.807, 2.05) is 18.2 Å². The number of hydrogen-bond acceptors (Lipinski definition) is 2. The fourth-order valence-electron chi connectivity index (χ4n) is 1.35. The molecule has 0 fully saturated rings. The van der Waals surface area contributed by atoms with Crippen LogP contribution in [-0.2, 0) is 0 Å². The maximum Gasteiger partial charge on any atom is 0.223 e. The minimum atomic E-state index is 0.611. The van der Waals surface area contributed by atoms with E-state index < -0.39 is 0 Å². The van der Waals surface area contributed by atoms with Crippen molar-refractivity contribution in [1.29, 1.82) is 0 Å². The fraction of sp³-hybridized carbons (Fsp3) is 0. The zero-order chi connectivity index (χ0) is 9.97. The maximum absolute atomic E-state index is 11.4. The molecule has 1 heterocycles. The van der Waals surface area contributed by atoms with E-state index in [1.165, 1.54) is 6.20 Å². The molecule has 0 aliphatic carbocycles. The molecule has 0 unspecified atom stereocenters. The number of hydrogen-bond donors (Lipinski definition) is 1. The molecule has 2 rings (SSSR count). The molecule has 0 amide bonds. The van der Waals surface area contributed by atoms with Gasteiger partial charge in [0.05, 0.1) is 0 Å². The first-order valence-electron chi connectivity index (χ1n) is 4.31. The maximum atomic E-state index is 11.4. The molecular formula is C11H10N2O. The second kappa shape index (κ2) is 3.38. The van der Waals surface area contributed by atoms with Gasteiger partial charge in [-0.25, -0.2) is 0 Å². The molecule has 0 atom stereocenters. The zero-order valence-corrected chi connectivity index (χ0v) is 7.55. The SMILES string of the molecule is Nc1cccc(-c2cccc[n+]2[O-])c1. The molecule has 0 radical (unpaired) electrons. The van der Waals surface area contributed by atoms with Crippen molar-refractivity contribution in [3.05, 3.63) is 53.9 Å². The minimum absolute atomic E-state index is 0.611. The zero-order valence-electron chi connectivity index (χ0n) is 7.55. The van der Waals surface area contributed by atoms with Gasteiger partial charge in [0.2, 0.25) is 5.69 Å². The minimum Gasteiger partial charge on any atom is -0.618 e. The van der Waals surface area contributed by atoms with E-state index in [9.17, 15) is 5.21 Å². The summed E-state index contributed by atoms with van der Waals surface area (Å²) in [5, 5.41) is 11.4. The van der Waals surface area contributed by atoms with Crippen LogP contribution in [0.25, 0.3) is 11.3 Å². The van der Waals surface area contributed by atoms with Crippen molar-refractivity contribution in [1.82, 2.24) is 0 Å². The summed E-state index contributed by atoms with van der Waals surface area (Å²) in [6.07, 6.45) is 1.47. The van der Waals surface area contributed by atoms with Crippen molar-refractivity contribution >= 4 is 5.69 Å². The second-order valence-corrected chi connectivity index (χ2v) is 3.04. The number of rotatable bonds is 1. The molecular weight excluding hydrogens is 176 g/mol. The van der Waals surface area contributed by atoms with Crippen LogP contribution >= 0.6 is 0 Å². The average molecular weight is 186 g/mol. The standard InChI is InChI=1S/C11H10N2O/c12-10-5-3-4-9(8-10)11-6-1-2-7-13(11)14/h1-8H,12H2. The van der Waals surface area contributed by atoms with Gasteiger partial charge in [0.25, 0.3) is 0 Å². The van der Waals surface area contributed by atoms with Gasteiger partial charge in [0, 0.05) is 23.4 Å². The van der Waals surface area contributed by atoms with Gasteiger partial charge in [-0.2, -0.15) is 4.73 Å². The summed E-state index contributed by atoms with van der Waals surface area (Å²) >= 11 is 0. The normalized spacial score (nSPS) is 10.0. The molecule has 0 spiro atoms. The number of nitrogens with zero attached hydrogens (tertiary/aromatic N) is 1. The van der Waals surface area contributed by atoms with Crippen LogP contribution in [-0.4, -0.2) is 0 Å². The highest BCUT2D eigenvalue weighted by atomic mass is 16.5. The van der Waals surface area contributed by atoms with E-state index in [-0.39, 0.29) is 0 Å². The third-order valence-corrected chi connectivity index (χ3v) is 2.01. The van der Waals surface area contributed by atoms with Crippen LogP contribution < -0.4 is 10.5 Å². The van der Waals surface area contributed by atoms with E-state index in [1.54, 1.807) is 24.3 Å². The monoisotopic (exact) mass is 186 g/mol. The van der Waals surface area contributed by atoms with Crippen LogP contribution in [0.3, 0.4) is 0 Å². The lowest BCUT2D eigenvalue weighted by Gasteiger charge is -2.03. The van der Waals surface area contributed by atoms with E-state index in [0.717, 1.165) is 10.3 Å². The highest BCUT2D eigenvalue weighted by molar-refractivity contribution is 5.61. The Labute approximate surface area is 82.0 Å². The van der Waals surface area contributed by atoms with Gasteiger partial charge < -0.3 is 10.9 Å². The Morgan fingerprint density at radius 3 is 2.64 bits per heavy atom. The molecule has 1 aromatic carbocycles. The molecule has 0 saturated heterocycles. The highest BCUT2D eigenvalue weighted by Gasteiger charge is 2.06. The first kappa shape index (κ1) is 8.56. The molecule has 70 valence electrons. The molecule has 1 aromatic heterocycles. The summed E-state index contributed by atoms with van der Waals surface area (Å²) in [7, 11) is 0. The van der Waals surface area contributed by atoms with Crippen molar-refractivity contribution in [2.75, 3.05) is 5.73 Å². The average Bonchev–Trinajstić information content (AvgIpc) is 2.18. The molecule has 0 aliphatic heterocycles.